The molecular weight excluding hydrogens is 243 g/mol. The van der Waals surface area contributed by atoms with Crippen molar-refractivity contribution in [2.45, 2.75) is 70.6 Å². The molecule has 2 unspecified atom stereocenters. The van der Waals surface area contributed by atoms with Crippen LogP contribution < -0.4 is 5.32 Å². The maximum absolute atomic E-state index is 14.7. The molecule has 2 rings (SSSR count). The van der Waals surface area contributed by atoms with Gasteiger partial charge in [-0.05, 0) is 39.2 Å². The van der Waals surface area contributed by atoms with E-state index in [0.29, 0.717) is 18.9 Å². The SMILES string of the molecule is CCCn1ncnc1CC(C)(F)CC1CCCCN1. The lowest BCUT2D eigenvalue weighted by molar-refractivity contribution is 0.141. The zero-order chi connectivity index (χ0) is 13.7. The summed E-state index contributed by atoms with van der Waals surface area (Å²) in [4.78, 5) is 4.20. The molecule has 0 spiro atoms. The molecule has 0 amide bonds. The van der Waals surface area contributed by atoms with Crippen molar-refractivity contribution >= 4 is 0 Å². The second-order valence-corrected chi connectivity index (χ2v) is 5.84. The van der Waals surface area contributed by atoms with Gasteiger partial charge >= 0.3 is 0 Å². The van der Waals surface area contributed by atoms with Gasteiger partial charge in [0.15, 0.2) is 0 Å². The van der Waals surface area contributed by atoms with Gasteiger partial charge in [0.25, 0.3) is 0 Å². The maximum Gasteiger partial charge on any atom is 0.138 e. The van der Waals surface area contributed by atoms with Crippen molar-refractivity contribution in [1.29, 1.82) is 0 Å². The van der Waals surface area contributed by atoms with E-state index in [1.165, 1.54) is 19.2 Å². The van der Waals surface area contributed by atoms with Gasteiger partial charge in [-0.25, -0.2) is 14.1 Å². The Bertz CT molecular complexity index is 383. The Labute approximate surface area is 114 Å². The Morgan fingerprint density at radius 2 is 2.37 bits per heavy atom. The fraction of sp³-hybridized carbons (Fsp3) is 0.857. The van der Waals surface area contributed by atoms with Crippen molar-refractivity contribution in [3.63, 3.8) is 0 Å². The van der Waals surface area contributed by atoms with Gasteiger partial charge in [0.05, 0.1) is 0 Å². The highest BCUT2D eigenvalue weighted by molar-refractivity contribution is 4.95. The Balaban J connectivity index is 1.93. The van der Waals surface area contributed by atoms with Gasteiger partial charge in [-0.3, -0.25) is 0 Å². The second kappa shape index (κ2) is 6.46. The van der Waals surface area contributed by atoms with E-state index in [9.17, 15) is 4.39 Å². The normalized spacial score (nSPS) is 23.2. The molecule has 5 heteroatoms. The van der Waals surface area contributed by atoms with Gasteiger partial charge in [-0.2, -0.15) is 5.10 Å². The summed E-state index contributed by atoms with van der Waals surface area (Å²) in [5, 5.41) is 7.57. The standard InChI is InChI=1S/C14H25FN4/c1-3-8-19-13(17-11-18-19)10-14(2,15)9-12-6-4-5-7-16-12/h11-12,16H,3-10H2,1-2H3. The fourth-order valence-corrected chi connectivity index (χ4v) is 2.84. The lowest BCUT2D eigenvalue weighted by Gasteiger charge is -2.29. The quantitative estimate of drug-likeness (QED) is 0.862. The first-order valence-electron chi connectivity index (χ1n) is 7.40. The average Bonchev–Trinajstić information content (AvgIpc) is 2.77. The molecule has 1 N–H and O–H groups in total. The fourth-order valence-electron chi connectivity index (χ4n) is 2.84. The Hall–Kier alpha value is -0.970. The molecule has 0 aromatic carbocycles. The molecule has 1 aliphatic heterocycles. The Kier molecular flexibility index (Phi) is 4.91. The zero-order valence-corrected chi connectivity index (χ0v) is 12.0. The van der Waals surface area contributed by atoms with Gasteiger partial charge in [-0.15, -0.1) is 0 Å². The van der Waals surface area contributed by atoms with Crippen molar-refractivity contribution in [3.05, 3.63) is 12.2 Å². The molecule has 2 heterocycles. The number of hydrogen-bond acceptors (Lipinski definition) is 3. The summed E-state index contributed by atoms with van der Waals surface area (Å²) in [6.07, 6.45) is 6.94. The molecule has 1 aromatic rings. The van der Waals surface area contributed by atoms with Crippen molar-refractivity contribution in [2.24, 2.45) is 0 Å². The lowest BCUT2D eigenvalue weighted by atomic mass is 9.90. The Morgan fingerprint density at radius 3 is 3.05 bits per heavy atom. The van der Waals surface area contributed by atoms with E-state index in [0.717, 1.165) is 31.8 Å². The summed E-state index contributed by atoms with van der Waals surface area (Å²) >= 11 is 0. The number of piperidine rings is 1. The molecule has 1 saturated heterocycles. The highest BCUT2D eigenvalue weighted by Gasteiger charge is 2.30. The van der Waals surface area contributed by atoms with Crippen molar-refractivity contribution in [3.8, 4) is 0 Å². The van der Waals surface area contributed by atoms with E-state index in [-0.39, 0.29) is 0 Å². The van der Waals surface area contributed by atoms with Crippen LogP contribution in [-0.2, 0) is 13.0 Å². The largest absolute Gasteiger partial charge is 0.314 e. The summed E-state index contributed by atoms with van der Waals surface area (Å²) < 4.78 is 16.6. The second-order valence-electron chi connectivity index (χ2n) is 5.84. The molecular formula is C14H25FN4. The van der Waals surface area contributed by atoms with E-state index in [1.54, 1.807) is 6.92 Å². The van der Waals surface area contributed by atoms with Crippen LogP contribution in [0.1, 0.15) is 51.8 Å². The van der Waals surface area contributed by atoms with Crippen LogP contribution in [0.25, 0.3) is 0 Å². The van der Waals surface area contributed by atoms with Crippen LogP contribution in [0.3, 0.4) is 0 Å². The Morgan fingerprint density at radius 1 is 1.53 bits per heavy atom. The number of hydrogen-bond donors (Lipinski definition) is 1. The van der Waals surface area contributed by atoms with Gasteiger partial charge < -0.3 is 5.32 Å². The third kappa shape index (κ3) is 4.27. The number of halogens is 1. The monoisotopic (exact) mass is 268 g/mol. The first-order chi connectivity index (χ1) is 9.11. The van der Waals surface area contributed by atoms with Crippen LogP contribution in [0.5, 0.6) is 0 Å². The molecule has 108 valence electrons. The third-order valence-corrected chi connectivity index (χ3v) is 3.74. The first kappa shape index (κ1) is 14.4. The molecule has 1 aromatic heterocycles. The van der Waals surface area contributed by atoms with Crippen molar-refractivity contribution < 1.29 is 4.39 Å². The van der Waals surface area contributed by atoms with Crippen LogP contribution in [0, 0.1) is 0 Å². The minimum absolute atomic E-state index is 0.311. The highest BCUT2D eigenvalue weighted by atomic mass is 19.1. The summed E-state index contributed by atoms with van der Waals surface area (Å²) in [5.41, 5.74) is -1.21. The molecule has 4 nitrogen and oxygen atoms in total. The van der Waals surface area contributed by atoms with Gasteiger partial charge in [0.2, 0.25) is 0 Å². The van der Waals surface area contributed by atoms with E-state index in [1.807, 2.05) is 4.68 Å². The molecule has 19 heavy (non-hydrogen) atoms. The third-order valence-electron chi connectivity index (χ3n) is 3.74. The molecule has 0 radical (unpaired) electrons. The molecule has 1 fully saturated rings. The van der Waals surface area contributed by atoms with Gasteiger partial charge in [0.1, 0.15) is 17.8 Å². The minimum atomic E-state index is -1.21. The van der Waals surface area contributed by atoms with E-state index in [2.05, 4.69) is 22.3 Å². The van der Waals surface area contributed by atoms with Gasteiger partial charge in [-0.1, -0.05) is 13.3 Å². The summed E-state index contributed by atoms with van der Waals surface area (Å²) in [7, 11) is 0. The summed E-state index contributed by atoms with van der Waals surface area (Å²) in [6.45, 7) is 5.61. The van der Waals surface area contributed by atoms with E-state index < -0.39 is 5.67 Å². The predicted octanol–water partition coefficient (Wildman–Crippen LogP) is 2.49. The first-order valence-corrected chi connectivity index (χ1v) is 7.40. The van der Waals surface area contributed by atoms with Gasteiger partial charge in [0, 0.05) is 19.0 Å². The number of nitrogens with zero attached hydrogens (tertiary/aromatic N) is 3. The number of rotatable bonds is 6. The summed E-state index contributed by atoms with van der Waals surface area (Å²) in [5.74, 6) is 0.766. The van der Waals surface area contributed by atoms with E-state index >= 15 is 0 Å². The highest BCUT2D eigenvalue weighted by Crippen LogP contribution is 2.25. The van der Waals surface area contributed by atoms with Crippen LogP contribution in [0.15, 0.2) is 6.33 Å². The van der Waals surface area contributed by atoms with Crippen LogP contribution in [0.4, 0.5) is 4.39 Å². The van der Waals surface area contributed by atoms with E-state index in [4.69, 9.17) is 0 Å². The van der Waals surface area contributed by atoms with Crippen LogP contribution in [0.2, 0.25) is 0 Å². The minimum Gasteiger partial charge on any atom is -0.314 e. The van der Waals surface area contributed by atoms with Crippen LogP contribution in [-0.4, -0.2) is 33.0 Å². The molecule has 0 aliphatic carbocycles. The molecule has 1 aliphatic rings. The van der Waals surface area contributed by atoms with Crippen molar-refractivity contribution in [1.82, 2.24) is 20.1 Å². The molecule has 2 atom stereocenters. The maximum atomic E-state index is 14.7. The predicted molar refractivity (Wildman–Crippen MR) is 73.8 cm³/mol. The number of nitrogens with one attached hydrogen (secondary N) is 1. The number of alkyl halides is 1. The zero-order valence-electron chi connectivity index (χ0n) is 12.0. The summed E-state index contributed by atoms with van der Waals surface area (Å²) in [6, 6.07) is 0.311. The number of aryl methyl sites for hydroxylation is 1. The lowest BCUT2D eigenvalue weighted by Crippen LogP contribution is -2.40. The average molecular weight is 268 g/mol. The van der Waals surface area contributed by atoms with Crippen molar-refractivity contribution in [2.75, 3.05) is 6.54 Å². The topological polar surface area (TPSA) is 42.7 Å². The molecule has 0 bridgehead atoms. The molecule has 0 saturated carbocycles. The van der Waals surface area contributed by atoms with Crippen LogP contribution >= 0.6 is 0 Å². The smallest absolute Gasteiger partial charge is 0.138 e. The number of aromatic nitrogens is 3.